The van der Waals surface area contributed by atoms with Gasteiger partial charge in [0.25, 0.3) is 0 Å². The number of hydrogen-bond acceptors (Lipinski definition) is 1. The summed E-state index contributed by atoms with van der Waals surface area (Å²) in [4.78, 5) is 0. The highest BCUT2D eigenvalue weighted by molar-refractivity contribution is 14.1. The summed E-state index contributed by atoms with van der Waals surface area (Å²) < 4.78 is 14.2. The van der Waals surface area contributed by atoms with E-state index in [4.69, 9.17) is 11.6 Å². The molecule has 0 spiro atoms. The Morgan fingerprint density at radius 2 is 1.94 bits per heavy atom. The lowest BCUT2D eigenvalue weighted by Gasteiger charge is -2.16. The number of aliphatic hydroxyl groups is 1. The maximum atomic E-state index is 13.2. The van der Waals surface area contributed by atoms with Crippen molar-refractivity contribution in [3.63, 3.8) is 0 Å². The first-order valence-corrected chi connectivity index (χ1v) is 6.84. The summed E-state index contributed by atoms with van der Waals surface area (Å²) in [5.41, 5.74) is 2.20. The molecular formula is C14H11ClFIO. The molecule has 2 aromatic rings. The number of aryl methyl sites for hydroxylation is 1. The molecule has 2 rings (SSSR count). The molecule has 0 aliphatic carbocycles. The Labute approximate surface area is 124 Å². The summed E-state index contributed by atoms with van der Waals surface area (Å²) in [6.07, 6.45) is -0.917. The third-order valence-electron chi connectivity index (χ3n) is 2.77. The third-order valence-corrected chi connectivity index (χ3v) is 4.59. The van der Waals surface area contributed by atoms with Gasteiger partial charge in [-0.15, -0.1) is 0 Å². The van der Waals surface area contributed by atoms with Crippen LogP contribution < -0.4 is 0 Å². The minimum Gasteiger partial charge on any atom is -0.384 e. The van der Waals surface area contributed by atoms with E-state index in [1.165, 1.54) is 18.2 Å². The largest absolute Gasteiger partial charge is 0.384 e. The van der Waals surface area contributed by atoms with Crippen LogP contribution >= 0.6 is 34.2 Å². The Hall–Kier alpha value is -0.650. The van der Waals surface area contributed by atoms with Crippen molar-refractivity contribution in [1.29, 1.82) is 0 Å². The highest BCUT2D eigenvalue weighted by Crippen LogP contribution is 2.32. The number of benzene rings is 2. The van der Waals surface area contributed by atoms with Crippen LogP contribution in [0.2, 0.25) is 5.02 Å². The molecule has 1 atom stereocenters. The molecule has 0 bridgehead atoms. The van der Waals surface area contributed by atoms with E-state index in [9.17, 15) is 9.50 Å². The highest BCUT2D eigenvalue weighted by atomic mass is 127. The highest BCUT2D eigenvalue weighted by Gasteiger charge is 2.17. The van der Waals surface area contributed by atoms with Crippen molar-refractivity contribution in [3.05, 3.63) is 67.5 Å². The summed E-state index contributed by atoms with van der Waals surface area (Å²) in [5, 5.41) is 10.7. The second-order valence-electron chi connectivity index (χ2n) is 4.05. The van der Waals surface area contributed by atoms with Crippen LogP contribution in [0, 0.1) is 16.3 Å². The van der Waals surface area contributed by atoms with Gasteiger partial charge in [-0.2, -0.15) is 0 Å². The molecular weight excluding hydrogens is 366 g/mol. The van der Waals surface area contributed by atoms with Crippen LogP contribution in [-0.2, 0) is 0 Å². The number of halogens is 3. The topological polar surface area (TPSA) is 20.2 Å². The molecule has 0 heterocycles. The summed E-state index contributed by atoms with van der Waals surface area (Å²) in [7, 11) is 0. The van der Waals surface area contributed by atoms with Crippen molar-refractivity contribution < 1.29 is 9.50 Å². The molecule has 94 valence electrons. The van der Waals surface area contributed by atoms with Crippen LogP contribution in [0.25, 0.3) is 0 Å². The quantitative estimate of drug-likeness (QED) is 0.767. The first kappa shape index (κ1) is 13.8. The van der Waals surface area contributed by atoms with Crippen LogP contribution in [0.15, 0.2) is 36.4 Å². The van der Waals surface area contributed by atoms with E-state index >= 15 is 0 Å². The predicted molar refractivity (Wildman–Crippen MR) is 79.4 cm³/mol. The molecule has 0 fully saturated rings. The van der Waals surface area contributed by atoms with Gasteiger partial charge < -0.3 is 5.11 Å². The fourth-order valence-corrected chi connectivity index (χ4v) is 2.65. The van der Waals surface area contributed by atoms with Crippen LogP contribution in [0.1, 0.15) is 22.8 Å². The zero-order valence-electron chi connectivity index (χ0n) is 9.62. The molecule has 1 unspecified atom stereocenters. The number of rotatable bonds is 2. The van der Waals surface area contributed by atoms with Crippen molar-refractivity contribution >= 4 is 34.2 Å². The minimum atomic E-state index is -0.917. The lowest BCUT2D eigenvalue weighted by Crippen LogP contribution is -2.04. The lowest BCUT2D eigenvalue weighted by atomic mass is 10.00. The summed E-state index contributed by atoms with van der Waals surface area (Å²) in [5.74, 6) is -0.406. The van der Waals surface area contributed by atoms with E-state index in [1.54, 1.807) is 0 Å². The van der Waals surface area contributed by atoms with Gasteiger partial charge in [-0.1, -0.05) is 29.8 Å². The molecule has 0 aliphatic heterocycles. The molecule has 0 saturated heterocycles. The van der Waals surface area contributed by atoms with Crippen LogP contribution in [0.4, 0.5) is 4.39 Å². The molecule has 0 aliphatic rings. The Morgan fingerprint density at radius 1 is 1.22 bits per heavy atom. The molecule has 0 radical (unpaired) electrons. The molecule has 0 saturated carbocycles. The van der Waals surface area contributed by atoms with Gasteiger partial charge in [-0.05, 0) is 58.8 Å². The average molecular weight is 377 g/mol. The van der Waals surface area contributed by atoms with E-state index < -0.39 is 11.9 Å². The van der Waals surface area contributed by atoms with Crippen molar-refractivity contribution in [2.45, 2.75) is 13.0 Å². The molecule has 1 nitrogen and oxygen atoms in total. The standard InChI is InChI=1S/C14H11ClFIO/c1-8-3-2-4-10(13(8)17)14(18)11-7-9(16)5-6-12(11)15/h2-7,14,18H,1H3. The van der Waals surface area contributed by atoms with E-state index in [0.29, 0.717) is 10.6 Å². The molecule has 18 heavy (non-hydrogen) atoms. The van der Waals surface area contributed by atoms with Gasteiger partial charge in [0.1, 0.15) is 11.9 Å². The Bertz CT molecular complexity index is 584. The second kappa shape index (κ2) is 5.55. The SMILES string of the molecule is Cc1cccc(C(O)c2cc(F)ccc2Cl)c1I. The maximum Gasteiger partial charge on any atom is 0.123 e. The third kappa shape index (κ3) is 2.68. The fraction of sp³-hybridized carbons (Fsp3) is 0.143. The van der Waals surface area contributed by atoms with E-state index in [1.807, 2.05) is 25.1 Å². The predicted octanol–water partition coefficient (Wildman–Crippen LogP) is 4.47. The van der Waals surface area contributed by atoms with Gasteiger partial charge >= 0.3 is 0 Å². The van der Waals surface area contributed by atoms with Gasteiger partial charge in [0.15, 0.2) is 0 Å². The number of hydrogen-bond donors (Lipinski definition) is 1. The molecule has 4 heteroatoms. The zero-order valence-corrected chi connectivity index (χ0v) is 12.5. The van der Waals surface area contributed by atoms with Crippen LogP contribution in [0.3, 0.4) is 0 Å². The van der Waals surface area contributed by atoms with Gasteiger partial charge in [-0.25, -0.2) is 4.39 Å². The average Bonchev–Trinajstić information content (AvgIpc) is 2.35. The smallest absolute Gasteiger partial charge is 0.123 e. The first-order valence-electron chi connectivity index (χ1n) is 5.38. The van der Waals surface area contributed by atoms with E-state index in [0.717, 1.165) is 14.7 Å². The molecule has 1 N–H and O–H groups in total. The van der Waals surface area contributed by atoms with Crippen LogP contribution in [0.5, 0.6) is 0 Å². The first-order chi connectivity index (χ1) is 8.50. The number of aliphatic hydroxyl groups excluding tert-OH is 1. The Balaban J connectivity index is 2.51. The van der Waals surface area contributed by atoms with Crippen molar-refractivity contribution in [2.75, 3.05) is 0 Å². The Kier molecular flexibility index (Phi) is 4.25. The van der Waals surface area contributed by atoms with E-state index in [2.05, 4.69) is 22.6 Å². The minimum absolute atomic E-state index is 0.362. The van der Waals surface area contributed by atoms with Crippen molar-refractivity contribution in [1.82, 2.24) is 0 Å². The van der Waals surface area contributed by atoms with Gasteiger partial charge in [-0.3, -0.25) is 0 Å². The van der Waals surface area contributed by atoms with Gasteiger partial charge in [0.05, 0.1) is 0 Å². The monoisotopic (exact) mass is 376 g/mol. The van der Waals surface area contributed by atoms with Gasteiger partial charge in [0, 0.05) is 14.2 Å². The summed E-state index contributed by atoms with van der Waals surface area (Å²) in [6, 6.07) is 9.65. The van der Waals surface area contributed by atoms with Crippen molar-refractivity contribution in [2.24, 2.45) is 0 Å². The molecule has 0 amide bonds. The molecule has 0 aromatic heterocycles. The zero-order chi connectivity index (χ0) is 13.3. The van der Waals surface area contributed by atoms with Crippen LogP contribution in [-0.4, -0.2) is 5.11 Å². The fourth-order valence-electron chi connectivity index (χ4n) is 1.77. The normalized spacial score (nSPS) is 12.5. The summed E-state index contributed by atoms with van der Waals surface area (Å²) >= 11 is 8.17. The summed E-state index contributed by atoms with van der Waals surface area (Å²) in [6.45, 7) is 1.96. The van der Waals surface area contributed by atoms with E-state index in [-0.39, 0.29) is 0 Å². The van der Waals surface area contributed by atoms with Gasteiger partial charge in [0.2, 0.25) is 0 Å². The van der Waals surface area contributed by atoms with Crippen molar-refractivity contribution in [3.8, 4) is 0 Å². The second-order valence-corrected chi connectivity index (χ2v) is 5.53. The Morgan fingerprint density at radius 3 is 2.67 bits per heavy atom. The lowest BCUT2D eigenvalue weighted by molar-refractivity contribution is 0.219. The maximum absolute atomic E-state index is 13.2. The molecule has 2 aromatic carbocycles.